The van der Waals surface area contributed by atoms with Crippen LogP contribution in [-0.4, -0.2) is 23.6 Å². The minimum absolute atomic E-state index is 0.0461. The molecule has 144 valence electrons. The van der Waals surface area contributed by atoms with Crippen LogP contribution in [0.25, 0.3) is 0 Å². The van der Waals surface area contributed by atoms with Gasteiger partial charge in [-0.25, -0.2) is 0 Å². The Morgan fingerprint density at radius 1 is 1.26 bits per heavy atom. The summed E-state index contributed by atoms with van der Waals surface area (Å²) < 4.78 is 5.51. The molecule has 1 aliphatic carbocycles. The summed E-state index contributed by atoms with van der Waals surface area (Å²) in [6.45, 7) is 9.62. The second-order valence-electron chi connectivity index (χ2n) is 8.52. The molecule has 0 fully saturated rings. The summed E-state index contributed by atoms with van der Waals surface area (Å²) in [5, 5.41) is 0.545. The van der Waals surface area contributed by atoms with Crippen LogP contribution in [0.2, 0.25) is 5.02 Å². The van der Waals surface area contributed by atoms with Crippen LogP contribution in [-0.2, 0) is 14.3 Å². The van der Waals surface area contributed by atoms with E-state index in [9.17, 15) is 9.59 Å². The van der Waals surface area contributed by atoms with Gasteiger partial charge in [0.1, 0.15) is 5.92 Å². The van der Waals surface area contributed by atoms with Crippen molar-refractivity contribution in [1.82, 2.24) is 0 Å². The zero-order valence-electron chi connectivity index (χ0n) is 16.5. The number of hydrogen-bond donors (Lipinski definition) is 0. The Morgan fingerprint density at radius 2 is 1.93 bits per heavy atom. The number of ether oxygens (including phenoxy) is 1. The van der Waals surface area contributed by atoms with E-state index < -0.39 is 11.8 Å². The van der Waals surface area contributed by atoms with E-state index in [2.05, 4.69) is 13.8 Å². The maximum Gasteiger partial charge on any atom is 0.315 e. The highest BCUT2D eigenvalue weighted by Gasteiger charge is 2.46. The van der Waals surface area contributed by atoms with Crippen LogP contribution in [0.3, 0.4) is 0 Å². The molecule has 3 rings (SSSR count). The van der Waals surface area contributed by atoms with Crippen molar-refractivity contribution in [3.63, 3.8) is 0 Å². The predicted octanol–water partition coefficient (Wildman–Crippen LogP) is 5.11. The number of benzene rings is 1. The SMILES string of the molecule is CC1=NC2=C(C(=O)CC(C)(C)C2)[C@H](c2ccccc2Cl)C1C(=O)OC(C)C. The van der Waals surface area contributed by atoms with Gasteiger partial charge in [-0.15, -0.1) is 0 Å². The van der Waals surface area contributed by atoms with E-state index >= 15 is 0 Å². The van der Waals surface area contributed by atoms with Crippen LogP contribution in [0.15, 0.2) is 40.5 Å². The normalized spacial score (nSPS) is 24.6. The Hall–Kier alpha value is -1.94. The number of nitrogens with zero attached hydrogens (tertiary/aromatic N) is 1. The molecule has 1 heterocycles. The number of carbonyl (C=O) groups is 2. The number of allylic oxidation sites excluding steroid dienone is 2. The second-order valence-corrected chi connectivity index (χ2v) is 8.92. The summed E-state index contributed by atoms with van der Waals surface area (Å²) in [6, 6.07) is 7.40. The Labute approximate surface area is 165 Å². The van der Waals surface area contributed by atoms with Gasteiger partial charge >= 0.3 is 5.97 Å². The van der Waals surface area contributed by atoms with Crippen LogP contribution in [0, 0.1) is 11.3 Å². The van der Waals surface area contributed by atoms with E-state index in [0.29, 0.717) is 29.1 Å². The molecule has 0 amide bonds. The molecular weight excluding hydrogens is 362 g/mol. The van der Waals surface area contributed by atoms with Crippen LogP contribution in [0.1, 0.15) is 58.9 Å². The minimum atomic E-state index is -0.642. The minimum Gasteiger partial charge on any atom is -0.462 e. The third kappa shape index (κ3) is 3.86. The topological polar surface area (TPSA) is 55.7 Å². The number of hydrogen-bond acceptors (Lipinski definition) is 4. The standard InChI is InChI=1S/C22H26ClNO3/c1-12(2)27-21(26)18-13(3)24-16-10-22(4,5)11-17(25)20(16)19(18)14-8-6-7-9-15(14)23/h6-9,12,18-19H,10-11H2,1-5H3/t18?,19-/m1/s1. The van der Waals surface area contributed by atoms with E-state index in [1.807, 2.05) is 39.0 Å². The van der Waals surface area contributed by atoms with Gasteiger partial charge in [-0.3, -0.25) is 14.6 Å². The van der Waals surface area contributed by atoms with Gasteiger partial charge in [-0.1, -0.05) is 43.6 Å². The second kappa shape index (κ2) is 7.23. The molecule has 5 heteroatoms. The molecular formula is C22H26ClNO3. The largest absolute Gasteiger partial charge is 0.462 e. The van der Waals surface area contributed by atoms with Crippen molar-refractivity contribution in [2.45, 2.75) is 59.5 Å². The summed E-state index contributed by atoms with van der Waals surface area (Å²) in [7, 11) is 0. The summed E-state index contributed by atoms with van der Waals surface area (Å²) in [5.41, 5.74) is 2.72. The number of ketones is 1. The van der Waals surface area contributed by atoms with Crippen LogP contribution in [0.4, 0.5) is 0 Å². The predicted molar refractivity (Wildman–Crippen MR) is 107 cm³/mol. The highest BCUT2D eigenvalue weighted by Crippen LogP contribution is 2.49. The molecule has 1 unspecified atom stereocenters. The number of halogens is 1. The van der Waals surface area contributed by atoms with E-state index in [4.69, 9.17) is 21.3 Å². The molecule has 0 N–H and O–H groups in total. The lowest BCUT2D eigenvalue weighted by Crippen LogP contribution is -2.40. The highest BCUT2D eigenvalue weighted by atomic mass is 35.5. The van der Waals surface area contributed by atoms with E-state index in [1.54, 1.807) is 6.07 Å². The summed E-state index contributed by atoms with van der Waals surface area (Å²) in [4.78, 5) is 30.8. The fourth-order valence-corrected chi connectivity index (χ4v) is 4.37. The molecule has 1 aliphatic heterocycles. The van der Waals surface area contributed by atoms with E-state index in [0.717, 1.165) is 11.3 Å². The number of Topliss-reactive ketones (excluding diaryl/α,β-unsaturated/α-hetero) is 1. The van der Waals surface area contributed by atoms with Gasteiger partial charge in [0.25, 0.3) is 0 Å². The molecule has 0 radical (unpaired) electrons. The van der Waals surface area contributed by atoms with Gasteiger partial charge in [0.05, 0.1) is 6.10 Å². The zero-order valence-corrected chi connectivity index (χ0v) is 17.3. The van der Waals surface area contributed by atoms with Crippen molar-refractivity contribution in [3.05, 3.63) is 46.1 Å². The monoisotopic (exact) mass is 387 g/mol. The Balaban J connectivity index is 2.18. The molecule has 4 nitrogen and oxygen atoms in total. The first kappa shape index (κ1) is 19.8. The van der Waals surface area contributed by atoms with Crippen molar-refractivity contribution < 1.29 is 14.3 Å². The van der Waals surface area contributed by atoms with Crippen molar-refractivity contribution in [2.24, 2.45) is 16.3 Å². The van der Waals surface area contributed by atoms with Gasteiger partial charge in [-0.2, -0.15) is 0 Å². The summed E-state index contributed by atoms with van der Waals surface area (Å²) >= 11 is 6.49. The lowest BCUT2D eigenvalue weighted by atomic mass is 9.67. The first-order valence-electron chi connectivity index (χ1n) is 9.37. The third-order valence-corrected chi connectivity index (χ3v) is 5.49. The van der Waals surface area contributed by atoms with Gasteiger partial charge in [0.15, 0.2) is 5.78 Å². The molecule has 1 aromatic rings. The summed E-state index contributed by atoms with van der Waals surface area (Å²) in [5.74, 6) is -1.41. The molecule has 0 bridgehead atoms. The van der Waals surface area contributed by atoms with Gasteiger partial charge in [0.2, 0.25) is 0 Å². The van der Waals surface area contributed by atoms with Crippen LogP contribution >= 0.6 is 11.6 Å². The van der Waals surface area contributed by atoms with Gasteiger partial charge in [-0.05, 0) is 44.2 Å². The first-order valence-corrected chi connectivity index (χ1v) is 9.75. The molecule has 0 saturated carbocycles. The van der Waals surface area contributed by atoms with Gasteiger partial charge < -0.3 is 4.74 Å². The average Bonchev–Trinajstić information content (AvgIpc) is 2.51. The van der Waals surface area contributed by atoms with Crippen molar-refractivity contribution in [3.8, 4) is 0 Å². The highest BCUT2D eigenvalue weighted by molar-refractivity contribution is 6.31. The average molecular weight is 388 g/mol. The van der Waals surface area contributed by atoms with Crippen molar-refractivity contribution >= 4 is 29.1 Å². The zero-order chi connectivity index (χ0) is 19.9. The molecule has 2 atom stereocenters. The number of aliphatic imine (C=N–C) groups is 1. The van der Waals surface area contributed by atoms with Crippen molar-refractivity contribution in [1.29, 1.82) is 0 Å². The van der Waals surface area contributed by atoms with Crippen LogP contribution in [0.5, 0.6) is 0 Å². The number of carbonyl (C=O) groups excluding carboxylic acids is 2. The molecule has 27 heavy (non-hydrogen) atoms. The Bertz CT molecular complexity index is 851. The lowest BCUT2D eigenvalue weighted by molar-refractivity contribution is -0.150. The van der Waals surface area contributed by atoms with E-state index in [-0.39, 0.29) is 23.3 Å². The van der Waals surface area contributed by atoms with Crippen molar-refractivity contribution in [2.75, 3.05) is 0 Å². The van der Waals surface area contributed by atoms with Gasteiger partial charge in [0, 0.05) is 34.3 Å². The molecule has 1 aromatic carbocycles. The molecule has 0 aromatic heterocycles. The maximum absolute atomic E-state index is 13.1. The van der Waals surface area contributed by atoms with Crippen LogP contribution < -0.4 is 0 Å². The first-order chi connectivity index (χ1) is 12.6. The fraction of sp³-hybridized carbons (Fsp3) is 0.500. The number of rotatable bonds is 3. The lowest BCUT2D eigenvalue weighted by Gasteiger charge is -2.39. The maximum atomic E-state index is 13.1. The molecule has 0 saturated heterocycles. The fourth-order valence-electron chi connectivity index (χ4n) is 4.12. The number of esters is 1. The third-order valence-electron chi connectivity index (χ3n) is 5.15. The van der Waals surface area contributed by atoms with E-state index in [1.165, 1.54) is 0 Å². The molecule has 0 spiro atoms. The smallest absolute Gasteiger partial charge is 0.315 e. The Kier molecular flexibility index (Phi) is 5.31. The summed E-state index contributed by atoms with van der Waals surface area (Å²) in [6.07, 6.45) is 0.902. The molecule has 2 aliphatic rings. The Morgan fingerprint density at radius 3 is 2.56 bits per heavy atom. The quantitative estimate of drug-likeness (QED) is 0.677.